The normalized spacial score (nSPS) is 11.5. The molecule has 0 aliphatic heterocycles. The highest BCUT2D eigenvalue weighted by Gasteiger charge is 2.18. The minimum absolute atomic E-state index is 0.102. The largest absolute Gasteiger partial charge is 0.462 e. The van der Waals surface area contributed by atoms with Crippen LogP contribution in [0.5, 0.6) is 0 Å². The Hall–Kier alpha value is -2.47. The molecule has 0 aliphatic carbocycles. The maximum atomic E-state index is 12.2. The minimum atomic E-state index is -0.352. The van der Waals surface area contributed by atoms with Gasteiger partial charge in [0.15, 0.2) is 0 Å². The van der Waals surface area contributed by atoms with Gasteiger partial charge in [-0.15, -0.1) is 11.3 Å². The van der Waals surface area contributed by atoms with Crippen LogP contribution in [0.2, 0.25) is 0 Å². The molecule has 0 saturated carbocycles. The number of anilines is 2. The second-order valence-corrected chi connectivity index (χ2v) is 7.58. The maximum absolute atomic E-state index is 12.2. The van der Waals surface area contributed by atoms with Gasteiger partial charge in [-0.25, -0.2) is 14.8 Å². The van der Waals surface area contributed by atoms with Crippen LogP contribution in [0, 0.1) is 0 Å². The summed E-state index contributed by atoms with van der Waals surface area (Å²) in [6, 6.07) is 8.23. The van der Waals surface area contributed by atoms with E-state index in [1.807, 2.05) is 12.1 Å². The number of nitrogens with one attached hydrogen (secondary N) is 1. The zero-order valence-corrected chi connectivity index (χ0v) is 15.6. The Kier molecular flexibility index (Phi) is 4.72. The molecule has 1 aromatic carbocycles. The first-order chi connectivity index (χ1) is 11.9. The van der Waals surface area contributed by atoms with Crippen LogP contribution < -0.4 is 5.32 Å². The Balaban J connectivity index is 1.96. The van der Waals surface area contributed by atoms with Crippen molar-refractivity contribution in [2.24, 2.45) is 0 Å². The fourth-order valence-corrected chi connectivity index (χ4v) is 3.40. The summed E-state index contributed by atoms with van der Waals surface area (Å²) in [5.74, 6) is 0.257. The second-order valence-electron chi connectivity index (χ2n) is 6.72. The molecule has 0 atom stereocenters. The lowest BCUT2D eigenvalue weighted by atomic mass is 9.87. The number of nitrogens with zero attached hydrogens (tertiary/aromatic N) is 2. The average molecular weight is 355 g/mol. The third-order valence-corrected chi connectivity index (χ3v) is 4.77. The maximum Gasteiger partial charge on any atom is 0.339 e. The highest BCUT2D eigenvalue weighted by atomic mass is 32.1. The molecule has 6 heteroatoms. The van der Waals surface area contributed by atoms with Gasteiger partial charge in [0.25, 0.3) is 0 Å². The van der Waals surface area contributed by atoms with Crippen LogP contribution in [0.3, 0.4) is 0 Å². The van der Waals surface area contributed by atoms with Gasteiger partial charge in [0.05, 0.1) is 17.6 Å². The van der Waals surface area contributed by atoms with Crippen LogP contribution >= 0.6 is 11.3 Å². The minimum Gasteiger partial charge on any atom is -0.462 e. The van der Waals surface area contributed by atoms with Crippen LogP contribution in [0.25, 0.3) is 10.2 Å². The molecule has 5 nitrogen and oxygen atoms in total. The topological polar surface area (TPSA) is 64.1 Å². The van der Waals surface area contributed by atoms with Crippen LogP contribution in [-0.4, -0.2) is 22.5 Å². The molecule has 3 rings (SSSR count). The third kappa shape index (κ3) is 3.64. The van der Waals surface area contributed by atoms with Crippen LogP contribution in [-0.2, 0) is 10.2 Å². The van der Waals surface area contributed by atoms with E-state index >= 15 is 0 Å². The lowest BCUT2D eigenvalue weighted by molar-refractivity contribution is 0.0529. The summed E-state index contributed by atoms with van der Waals surface area (Å²) in [5, 5.41) is 5.77. The van der Waals surface area contributed by atoms with Gasteiger partial charge in [-0.1, -0.05) is 32.9 Å². The zero-order chi connectivity index (χ0) is 18.0. The number of carbonyl (C=O) groups excluding carboxylic acids is 1. The molecular formula is C19H21N3O2S. The first kappa shape index (κ1) is 17.4. The van der Waals surface area contributed by atoms with Crippen molar-refractivity contribution in [2.75, 3.05) is 11.9 Å². The molecule has 0 unspecified atom stereocenters. The summed E-state index contributed by atoms with van der Waals surface area (Å²) in [5.41, 5.74) is 2.77. The molecule has 0 fully saturated rings. The van der Waals surface area contributed by atoms with Crippen molar-refractivity contribution in [3.8, 4) is 0 Å². The standard InChI is InChI=1S/C19H21N3O2S/c1-5-24-18(23)14-10-25-17-15(14)16(20-11-21-17)22-13-8-6-12(7-9-13)19(2,3)4/h6-11H,5H2,1-4H3,(H,20,21,22). The summed E-state index contributed by atoms with van der Waals surface area (Å²) in [7, 11) is 0. The molecule has 130 valence electrons. The fraction of sp³-hybridized carbons (Fsp3) is 0.316. The van der Waals surface area contributed by atoms with Crippen molar-refractivity contribution in [3.63, 3.8) is 0 Å². The lowest BCUT2D eigenvalue weighted by Crippen LogP contribution is -2.10. The van der Waals surface area contributed by atoms with E-state index in [0.29, 0.717) is 23.4 Å². The third-order valence-electron chi connectivity index (χ3n) is 3.88. The molecular weight excluding hydrogens is 334 g/mol. The Labute approximate surface area is 151 Å². The van der Waals surface area contributed by atoms with Gasteiger partial charge >= 0.3 is 5.97 Å². The summed E-state index contributed by atoms with van der Waals surface area (Å²) >= 11 is 1.41. The summed E-state index contributed by atoms with van der Waals surface area (Å²) in [6.07, 6.45) is 1.50. The van der Waals surface area contributed by atoms with Crippen molar-refractivity contribution in [2.45, 2.75) is 33.1 Å². The van der Waals surface area contributed by atoms with E-state index in [-0.39, 0.29) is 11.4 Å². The Morgan fingerprint density at radius 2 is 1.92 bits per heavy atom. The van der Waals surface area contributed by atoms with Crippen LogP contribution in [0.4, 0.5) is 11.5 Å². The number of thiophene rings is 1. The quantitative estimate of drug-likeness (QED) is 0.674. The Bertz CT molecular complexity index is 895. The number of rotatable bonds is 4. The highest BCUT2D eigenvalue weighted by Crippen LogP contribution is 2.32. The van der Waals surface area contributed by atoms with Gasteiger partial charge in [-0.2, -0.15) is 0 Å². The highest BCUT2D eigenvalue weighted by molar-refractivity contribution is 7.17. The Morgan fingerprint density at radius 3 is 2.56 bits per heavy atom. The summed E-state index contributed by atoms with van der Waals surface area (Å²) < 4.78 is 5.14. The molecule has 0 radical (unpaired) electrons. The van der Waals surface area contributed by atoms with Gasteiger partial charge < -0.3 is 10.1 Å². The first-order valence-electron chi connectivity index (χ1n) is 8.17. The van der Waals surface area contributed by atoms with Crippen LogP contribution in [0.15, 0.2) is 36.0 Å². The summed E-state index contributed by atoms with van der Waals surface area (Å²) in [6.45, 7) is 8.67. The molecule has 1 N–H and O–H groups in total. The van der Waals surface area contributed by atoms with E-state index < -0.39 is 0 Å². The SMILES string of the molecule is CCOC(=O)c1csc2ncnc(Nc3ccc(C(C)(C)C)cc3)c12. The van der Waals surface area contributed by atoms with E-state index in [1.165, 1.54) is 23.2 Å². The number of esters is 1. The molecule has 0 saturated heterocycles. The number of fused-ring (bicyclic) bond motifs is 1. The van der Waals surface area contributed by atoms with Gasteiger partial charge in [0, 0.05) is 11.1 Å². The van der Waals surface area contributed by atoms with Gasteiger partial charge in [-0.05, 0) is 30.0 Å². The number of ether oxygens (including phenoxy) is 1. The van der Waals surface area contributed by atoms with E-state index in [0.717, 1.165) is 10.5 Å². The number of carbonyl (C=O) groups is 1. The van der Waals surface area contributed by atoms with E-state index in [9.17, 15) is 4.79 Å². The lowest BCUT2D eigenvalue weighted by Gasteiger charge is -2.19. The molecule has 25 heavy (non-hydrogen) atoms. The smallest absolute Gasteiger partial charge is 0.339 e. The molecule has 2 aromatic heterocycles. The Morgan fingerprint density at radius 1 is 1.20 bits per heavy atom. The van der Waals surface area contributed by atoms with Gasteiger partial charge in [-0.3, -0.25) is 0 Å². The molecule has 0 amide bonds. The molecule has 0 bridgehead atoms. The van der Waals surface area contributed by atoms with E-state index in [4.69, 9.17) is 4.74 Å². The number of hydrogen-bond acceptors (Lipinski definition) is 6. The van der Waals surface area contributed by atoms with E-state index in [2.05, 4.69) is 48.2 Å². The van der Waals surface area contributed by atoms with Crippen molar-refractivity contribution < 1.29 is 9.53 Å². The number of hydrogen-bond donors (Lipinski definition) is 1. The number of aromatic nitrogens is 2. The van der Waals surface area contributed by atoms with Crippen molar-refractivity contribution >= 4 is 39.0 Å². The monoisotopic (exact) mass is 355 g/mol. The van der Waals surface area contributed by atoms with Crippen LogP contribution in [0.1, 0.15) is 43.6 Å². The van der Waals surface area contributed by atoms with Crippen molar-refractivity contribution in [1.82, 2.24) is 9.97 Å². The average Bonchev–Trinajstić information content (AvgIpc) is 3.00. The molecule has 2 heterocycles. The molecule has 0 aliphatic rings. The van der Waals surface area contributed by atoms with Crippen molar-refractivity contribution in [3.05, 3.63) is 47.1 Å². The van der Waals surface area contributed by atoms with Gasteiger partial charge in [0.2, 0.25) is 0 Å². The molecule has 3 aromatic rings. The predicted molar refractivity (Wildman–Crippen MR) is 102 cm³/mol. The van der Waals surface area contributed by atoms with E-state index in [1.54, 1.807) is 12.3 Å². The van der Waals surface area contributed by atoms with Gasteiger partial charge in [0.1, 0.15) is 17.0 Å². The summed E-state index contributed by atoms with van der Waals surface area (Å²) in [4.78, 5) is 21.5. The fourth-order valence-electron chi connectivity index (χ4n) is 2.52. The second kappa shape index (κ2) is 6.80. The molecule has 0 spiro atoms. The number of benzene rings is 1. The first-order valence-corrected chi connectivity index (χ1v) is 9.05. The van der Waals surface area contributed by atoms with Crippen molar-refractivity contribution in [1.29, 1.82) is 0 Å². The zero-order valence-electron chi connectivity index (χ0n) is 14.8. The predicted octanol–water partition coefficient (Wildman–Crippen LogP) is 4.91.